The van der Waals surface area contributed by atoms with Crippen LogP contribution in [0.2, 0.25) is 10.0 Å². The number of H-pyrrole nitrogens is 1. The lowest BCUT2D eigenvalue weighted by molar-refractivity contribution is 0.0717. The van der Waals surface area contributed by atoms with Crippen LogP contribution in [0.5, 0.6) is 0 Å². The first-order valence-electron chi connectivity index (χ1n) is 9.46. The Hall–Kier alpha value is -3.02. The van der Waals surface area contributed by atoms with Crippen molar-refractivity contribution in [3.8, 4) is 11.3 Å². The zero-order valence-corrected chi connectivity index (χ0v) is 17.5. The van der Waals surface area contributed by atoms with E-state index in [1.807, 2.05) is 43.3 Å². The molecule has 2 aromatic carbocycles. The molecule has 1 aliphatic heterocycles. The fourth-order valence-electron chi connectivity index (χ4n) is 3.91. The van der Waals surface area contributed by atoms with Gasteiger partial charge >= 0.3 is 0 Å². The summed E-state index contributed by atoms with van der Waals surface area (Å²) < 4.78 is 5.51. The number of aromatic amines is 1. The zero-order chi connectivity index (χ0) is 20.8. The Morgan fingerprint density at radius 2 is 1.93 bits per heavy atom. The number of hydrogen-bond acceptors (Lipinski definition) is 3. The van der Waals surface area contributed by atoms with Crippen LogP contribution in [0.3, 0.4) is 0 Å². The smallest absolute Gasteiger partial charge is 0.273 e. The third-order valence-corrected chi connectivity index (χ3v) is 5.91. The number of halogens is 2. The molecule has 0 saturated carbocycles. The van der Waals surface area contributed by atoms with E-state index in [0.29, 0.717) is 28.0 Å². The number of nitrogens with one attached hydrogen (secondary N) is 1. The molecule has 0 radical (unpaired) electrons. The van der Waals surface area contributed by atoms with E-state index in [1.54, 1.807) is 29.4 Å². The number of aromatic nitrogens is 2. The van der Waals surface area contributed by atoms with Crippen molar-refractivity contribution in [3.63, 3.8) is 0 Å². The van der Waals surface area contributed by atoms with Gasteiger partial charge in [0.25, 0.3) is 5.91 Å². The monoisotopic (exact) mass is 437 g/mol. The summed E-state index contributed by atoms with van der Waals surface area (Å²) in [6.45, 7) is 2.34. The van der Waals surface area contributed by atoms with Crippen molar-refractivity contribution in [2.24, 2.45) is 0 Å². The summed E-state index contributed by atoms with van der Waals surface area (Å²) in [5.41, 5.74) is 4.87. The number of furan rings is 1. The Balaban J connectivity index is 1.68. The van der Waals surface area contributed by atoms with Crippen LogP contribution in [0.15, 0.2) is 65.3 Å². The summed E-state index contributed by atoms with van der Waals surface area (Å²) in [5, 5.41) is 8.46. The molecule has 0 bridgehead atoms. The molecule has 1 N–H and O–H groups in total. The Morgan fingerprint density at radius 1 is 1.13 bits per heavy atom. The van der Waals surface area contributed by atoms with Gasteiger partial charge in [-0.1, -0.05) is 59.1 Å². The Bertz CT molecular complexity index is 1230. The van der Waals surface area contributed by atoms with Gasteiger partial charge in [0.05, 0.1) is 24.5 Å². The molecule has 0 saturated heterocycles. The molecule has 1 amide bonds. The largest absolute Gasteiger partial charge is 0.467 e. The van der Waals surface area contributed by atoms with Gasteiger partial charge in [-0.25, -0.2) is 0 Å². The molecule has 4 aromatic rings. The van der Waals surface area contributed by atoms with Crippen molar-refractivity contribution in [3.05, 3.63) is 99.1 Å². The van der Waals surface area contributed by atoms with E-state index in [1.165, 1.54) is 0 Å². The second-order valence-electron chi connectivity index (χ2n) is 7.31. The van der Waals surface area contributed by atoms with E-state index in [4.69, 9.17) is 27.6 Å². The number of carbonyl (C=O) groups is 1. The predicted octanol–water partition coefficient (Wildman–Crippen LogP) is 6.03. The Labute approximate surface area is 183 Å². The summed E-state index contributed by atoms with van der Waals surface area (Å²) in [6.07, 6.45) is 1.60. The van der Waals surface area contributed by atoms with E-state index in [-0.39, 0.29) is 5.91 Å². The Morgan fingerprint density at radius 3 is 2.63 bits per heavy atom. The first-order valence-corrected chi connectivity index (χ1v) is 10.2. The molecule has 0 spiro atoms. The molecule has 5 rings (SSSR count). The highest BCUT2D eigenvalue weighted by Gasteiger charge is 2.43. The first-order chi connectivity index (χ1) is 14.5. The molecule has 1 aliphatic rings. The van der Waals surface area contributed by atoms with Crippen molar-refractivity contribution < 1.29 is 9.21 Å². The second-order valence-corrected chi connectivity index (χ2v) is 8.15. The van der Waals surface area contributed by atoms with Gasteiger partial charge in [-0.15, -0.1) is 0 Å². The summed E-state index contributed by atoms with van der Waals surface area (Å²) in [7, 11) is 0. The molecule has 2 aromatic heterocycles. The van der Waals surface area contributed by atoms with Crippen LogP contribution in [-0.2, 0) is 6.54 Å². The minimum Gasteiger partial charge on any atom is -0.467 e. The van der Waals surface area contributed by atoms with Crippen LogP contribution in [-0.4, -0.2) is 21.0 Å². The maximum Gasteiger partial charge on any atom is 0.273 e. The summed E-state index contributed by atoms with van der Waals surface area (Å²) in [4.78, 5) is 15.1. The quantitative estimate of drug-likeness (QED) is 0.423. The van der Waals surface area contributed by atoms with Gasteiger partial charge in [0.2, 0.25) is 0 Å². The van der Waals surface area contributed by atoms with Gasteiger partial charge in [-0.05, 0) is 36.8 Å². The lowest BCUT2D eigenvalue weighted by atomic mass is 9.95. The van der Waals surface area contributed by atoms with Crippen LogP contribution in [0.1, 0.15) is 39.0 Å². The van der Waals surface area contributed by atoms with Gasteiger partial charge in [-0.2, -0.15) is 5.10 Å². The lowest BCUT2D eigenvalue weighted by Gasteiger charge is -2.26. The van der Waals surface area contributed by atoms with E-state index in [2.05, 4.69) is 10.2 Å². The number of nitrogens with zero attached hydrogens (tertiary/aromatic N) is 2. The van der Waals surface area contributed by atoms with Gasteiger partial charge in [0, 0.05) is 21.2 Å². The standard InChI is InChI=1S/C23H17Cl2N3O2/c1-13-4-6-14(7-5-13)20-19-21(27-26-20)23(29)28(12-16-3-2-10-30-16)22(19)17-9-8-15(24)11-18(17)25/h2-11,22H,12H2,1H3,(H,26,27). The summed E-state index contributed by atoms with van der Waals surface area (Å²) in [6, 6.07) is 16.6. The third kappa shape index (κ3) is 3.11. The second kappa shape index (κ2) is 7.35. The SMILES string of the molecule is Cc1ccc(-c2n[nH]c3c2C(c2ccc(Cl)cc2Cl)N(Cc2ccco2)C3=O)cc1. The summed E-state index contributed by atoms with van der Waals surface area (Å²) >= 11 is 12.7. The van der Waals surface area contributed by atoms with Crippen LogP contribution in [0, 0.1) is 6.92 Å². The van der Waals surface area contributed by atoms with E-state index in [9.17, 15) is 4.79 Å². The van der Waals surface area contributed by atoms with Gasteiger partial charge in [0.15, 0.2) is 0 Å². The van der Waals surface area contributed by atoms with E-state index in [0.717, 1.165) is 27.9 Å². The van der Waals surface area contributed by atoms with Crippen LogP contribution in [0.4, 0.5) is 0 Å². The maximum atomic E-state index is 13.3. The lowest BCUT2D eigenvalue weighted by Crippen LogP contribution is -2.29. The number of fused-ring (bicyclic) bond motifs is 1. The number of amides is 1. The van der Waals surface area contributed by atoms with Crippen molar-refractivity contribution in [2.45, 2.75) is 19.5 Å². The molecule has 30 heavy (non-hydrogen) atoms. The molecule has 1 unspecified atom stereocenters. The van der Waals surface area contributed by atoms with Gasteiger partial charge < -0.3 is 9.32 Å². The van der Waals surface area contributed by atoms with Gasteiger partial charge in [-0.3, -0.25) is 9.89 Å². The predicted molar refractivity (Wildman–Crippen MR) is 116 cm³/mol. The van der Waals surface area contributed by atoms with E-state index >= 15 is 0 Å². The number of benzene rings is 2. The maximum absolute atomic E-state index is 13.3. The van der Waals surface area contributed by atoms with Crippen molar-refractivity contribution >= 4 is 29.1 Å². The van der Waals surface area contributed by atoms with Gasteiger partial charge in [0.1, 0.15) is 11.5 Å². The average Bonchev–Trinajstić information content (AvgIpc) is 3.44. The normalized spacial score (nSPS) is 15.6. The molecular weight excluding hydrogens is 421 g/mol. The molecule has 7 heteroatoms. The first kappa shape index (κ1) is 19.0. The Kier molecular flexibility index (Phi) is 4.65. The number of rotatable bonds is 4. The zero-order valence-electron chi connectivity index (χ0n) is 16.0. The third-order valence-electron chi connectivity index (χ3n) is 5.35. The van der Waals surface area contributed by atoms with Crippen LogP contribution < -0.4 is 0 Å². The highest BCUT2D eigenvalue weighted by molar-refractivity contribution is 6.35. The number of carbonyl (C=O) groups excluding carboxylic acids is 1. The average molecular weight is 438 g/mol. The molecule has 1 atom stereocenters. The minimum absolute atomic E-state index is 0.150. The number of aryl methyl sites for hydroxylation is 1. The highest BCUT2D eigenvalue weighted by Crippen LogP contribution is 2.45. The van der Waals surface area contributed by atoms with Crippen LogP contribution in [0.25, 0.3) is 11.3 Å². The molecule has 0 fully saturated rings. The van der Waals surface area contributed by atoms with Crippen molar-refractivity contribution in [2.75, 3.05) is 0 Å². The highest BCUT2D eigenvalue weighted by atomic mass is 35.5. The molecule has 3 heterocycles. The molecular formula is C23H17Cl2N3O2. The summed E-state index contributed by atoms with van der Waals surface area (Å²) in [5.74, 6) is 0.539. The van der Waals surface area contributed by atoms with E-state index < -0.39 is 6.04 Å². The fraction of sp³-hybridized carbons (Fsp3) is 0.130. The molecule has 0 aliphatic carbocycles. The molecule has 5 nitrogen and oxygen atoms in total. The van der Waals surface area contributed by atoms with Crippen LogP contribution >= 0.6 is 23.2 Å². The fourth-order valence-corrected chi connectivity index (χ4v) is 4.42. The minimum atomic E-state index is -0.419. The topological polar surface area (TPSA) is 62.1 Å². The van der Waals surface area contributed by atoms with Crippen molar-refractivity contribution in [1.82, 2.24) is 15.1 Å². The molecule has 150 valence electrons. The van der Waals surface area contributed by atoms with Crippen molar-refractivity contribution in [1.29, 1.82) is 0 Å². The number of hydrogen-bond donors (Lipinski definition) is 1.